The van der Waals surface area contributed by atoms with Gasteiger partial charge in [-0.2, -0.15) is 0 Å². The smallest absolute Gasteiger partial charge is 0.327 e. The number of rotatable bonds is 4. The van der Waals surface area contributed by atoms with Crippen LogP contribution in [0.25, 0.3) is 0 Å². The summed E-state index contributed by atoms with van der Waals surface area (Å²) >= 11 is 0. The summed E-state index contributed by atoms with van der Waals surface area (Å²) in [6, 6.07) is 4.26. The van der Waals surface area contributed by atoms with Gasteiger partial charge in [-0.3, -0.25) is 14.5 Å². The number of nitrogens with zero attached hydrogens (tertiary/aromatic N) is 3. The number of imide groups is 1. The SMILES string of the molecule is COc1cc(OC)cc(C(=O)N2CCCN3C(=O)N(C4CCCCC4)C(=O)C3C2)c1. The molecule has 8 heteroatoms. The molecule has 0 aromatic heterocycles. The molecule has 1 aliphatic carbocycles. The van der Waals surface area contributed by atoms with Crippen LogP contribution < -0.4 is 9.47 Å². The van der Waals surface area contributed by atoms with Crippen molar-refractivity contribution in [2.45, 2.75) is 50.6 Å². The summed E-state index contributed by atoms with van der Waals surface area (Å²) < 4.78 is 10.6. The molecule has 2 heterocycles. The molecule has 0 spiro atoms. The maximum absolute atomic E-state index is 13.2. The number of hydrogen-bond acceptors (Lipinski definition) is 5. The Balaban J connectivity index is 1.55. The van der Waals surface area contributed by atoms with E-state index in [0.717, 1.165) is 32.1 Å². The van der Waals surface area contributed by atoms with Crippen LogP contribution in [0.5, 0.6) is 11.5 Å². The van der Waals surface area contributed by atoms with Crippen LogP contribution >= 0.6 is 0 Å². The molecule has 3 fully saturated rings. The molecule has 1 unspecified atom stereocenters. The third-order valence-electron chi connectivity index (χ3n) is 6.40. The molecule has 1 saturated carbocycles. The molecule has 2 saturated heterocycles. The van der Waals surface area contributed by atoms with Gasteiger partial charge in [-0.15, -0.1) is 0 Å². The molecule has 8 nitrogen and oxygen atoms in total. The van der Waals surface area contributed by atoms with Crippen molar-refractivity contribution in [3.05, 3.63) is 23.8 Å². The van der Waals surface area contributed by atoms with Crippen LogP contribution in [0.15, 0.2) is 18.2 Å². The molecule has 3 aliphatic rings. The Labute approximate surface area is 176 Å². The first-order valence-electron chi connectivity index (χ1n) is 10.7. The molecule has 2 aliphatic heterocycles. The summed E-state index contributed by atoms with van der Waals surface area (Å²) in [6.45, 7) is 1.20. The van der Waals surface area contributed by atoms with Crippen LogP contribution in [0.2, 0.25) is 0 Å². The average Bonchev–Trinajstić information content (AvgIpc) is 2.93. The topological polar surface area (TPSA) is 79.4 Å². The van der Waals surface area contributed by atoms with E-state index in [1.807, 2.05) is 0 Å². The van der Waals surface area contributed by atoms with E-state index in [1.54, 1.807) is 28.0 Å². The molecule has 1 atom stereocenters. The van der Waals surface area contributed by atoms with Crippen molar-refractivity contribution in [3.8, 4) is 11.5 Å². The molecule has 1 aromatic rings. The highest BCUT2D eigenvalue weighted by atomic mass is 16.5. The number of urea groups is 1. The van der Waals surface area contributed by atoms with Gasteiger partial charge in [0.05, 0.1) is 20.8 Å². The molecule has 4 rings (SSSR count). The summed E-state index contributed by atoms with van der Waals surface area (Å²) in [5, 5.41) is 0. The van der Waals surface area contributed by atoms with Gasteiger partial charge in [0.1, 0.15) is 17.5 Å². The largest absolute Gasteiger partial charge is 0.497 e. The van der Waals surface area contributed by atoms with E-state index in [1.165, 1.54) is 19.1 Å². The molecule has 30 heavy (non-hydrogen) atoms. The number of amides is 4. The number of benzene rings is 1. The van der Waals surface area contributed by atoms with Crippen molar-refractivity contribution in [2.75, 3.05) is 33.9 Å². The molecule has 0 N–H and O–H groups in total. The van der Waals surface area contributed by atoms with Gasteiger partial charge in [0, 0.05) is 30.8 Å². The minimum absolute atomic E-state index is 0.00234. The lowest BCUT2D eigenvalue weighted by Gasteiger charge is -2.29. The van der Waals surface area contributed by atoms with Gasteiger partial charge < -0.3 is 19.3 Å². The minimum atomic E-state index is -0.599. The lowest BCUT2D eigenvalue weighted by molar-refractivity contribution is -0.130. The van der Waals surface area contributed by atoms with Crippen molar-refractivity contribution < 1.29 is 23.9 Å². The second-order valence-electron chi connectivity index (χ2n) is 8.20. The molecule has 4 amide bonds. The fourth-order valence-electron chi connectivity index (χ4n) is 4.79. The number of methoxy groups -OCH3 is 2. The van der Waals surface area contributed by atoms with Crippen molar-refractivity contribution in [1.82, 2.24) is 14.7 Å². The highest BCUT2D eigenvalue weighted by Gasteiger charge is 2.49. The third kappa shape index (κ3) is 3.70. The van der Waals surface area contributed by atoms with Crippen LogP contribution in [0.4, 0.5) is 4.79 Å². The van der Waals surface area contributed by atoms with Crippen LogP contribution in [0.1, 0.15) is 48.9 Å². The Kier molecular flexibility index (Phi) is 5.83. The summed E-state index contributed by atoms with van der Waals surface area (Å²) in [4.78, 5) is 44.3. The molecule has 0 bridgehead atoms. The number of ether oxygens (including phenoxy) is 2. The van der Waals surface area contributed by atoms with E-state index in [4.69, 9.17) is 9.47 Å². The van der Waals surface area contributed by atoms with Gasteiger partial charge >= 0.3 is 6.03 Å². The number of fused-ring (bicyclic) bond motifs is 1. The van der Waals surface area contributed by atoms with Crippen LogP contribution in [-0.2, 0) is 4.79 Å². The zero-order chi connectivity index (χ0) is 21.3. The minimum Gasteiger partial charge on any atom is -0.497 e. The molecular weight excluding hydrogens is 386 g/mol. The van der Waals surface area contributed by atoms with Gasteiger partial charge in [-0.1, -0.05) is 19.3 Å². The number of carbonyl (C=O) groups excluding carboxylic acids is 3. The predicted molar refractivity (Wildman–Crippen MR) is 110 cm³/mol. The first-order chi connectivity index (χ1) is 14.5. The van der Waals surface area contributed by atoms with E-state index >= 15 is 0 Å². The van der Waals surface area contributed by atoms with E-state index in [9.17, 15) is 14.4 Å². The van der Waals surface area contributed by atoms with Gasteiger partial charge in [0.2, 0.25) is 0 Å². The van der Waals surface area contributed by atoms with Crippen LogP contribution in [0, 0.1) is 0 Å². The summed E-state index contributed by atoms with van der Waals surface area (Å²) in [7, 11) is 3.07. The highest BCUT2D eigenvalue weighted by Crippen LogP contribution is 2.31. The van der Waals surface area contributed by atoms with E-state index in [-0.39, 0.29) is 30.4 Å². The maximum atomic E-state index is 13.2. The Hall–Kier alpha value is -2.77. The summed E-state index contributed by atoms with van der Waals surface area (Å²) in [5.41, 5.74) is 0.445. The second kappa shape index (κ2) is 8.53. The molecule has 0 radical (unpaired) electrons. The van der Waals surface area contributed by atoms with E-state index in [0.29, 0.717) is 36.6 Å². The fraction of sp³-hybridized carbons (Fsp3) is 0.591. The quantitative estimate of drug-likeness (QED) is 0.706. The number of hydrogen-bond donors (Lipinski definition) is 0. The Morgan fingerprint density at radius 2 is 1.60 bits per heavy atom. The standard InChI is InChI=1S/C22H29N3O5/c1-29-17-11-15(12-18(13-17)30-2)20(26)23-9-6-10-24-19(14-23)21(27)25(22(24)28)16-7-4-3-5-8-16/h11-13,16,19H,3-10,14H2,1-2H3. The first-order valence-corrected chi connectivity index (χ1v) is 10.7. The van der Waals surface area contributed by atoms with Gasteiger partial charge in [0.15, 0.2) is 0 Å². The maximum Gasteiger partial charge on any atom is 0.327 e. The molecular formula is C22H29N3O5. The average molecular weight is 415 g/mol. The predicted octanol–water partition coefficient (Wildman–Crippen LogP) is 2.52. The third-order valence-corrected chi connectivity index (χ3v) is 6.40. The Bertz CT molecular complexity index is 814. The van der Waals surface area contributed by atoms with Crippen LogP contribution in [-0.4, -0.2) is 78.5 Å². The first kappa shape index (κ1) is 20.5. The summed E-state index contributed by atoms with van der Waals surface area (Å²) in [5.74, 6) is 0.717. The van der Waals surface area contributed by atoms with Crippen molar-refractivity contribution in [3.63, 3.8) is 0 Å². The summed E-state index contributed by atoms with van der Waals surface area (Å²) in [6.07, 6.45) is 5.66. The molecule has 1 aromatic carbocycles. The fourth-order valence-corrected chi connectivity index (χ4v) is 4.79. The lowest BCUT2D eigenvalue weighted by atomic mass is 9.94. The molecule has 162 valence electrons. The zero-order valence-electron chi connectivity index (χ0n) is 17.6. The zero-order valence-corrected chi connectivity index (χ0v) is 17.6. The van der Waals surface area contributed by atoms with Crippen molar-refractivity contribution in [1.29, 1.82) is 0 Å². The van der Waals surface area contributed by atoms with Crippen LogP contribution in [0.3, 0.4) is 0 Å². The van der Waals surface area contributed by atoms with Crippen molar-refractivity contribution in [2.24, 2.45) is 0 Å². The number of carbonyl (C=O) groups is 3. The Morgan fingerprint density at radius 3 is 2.23 bits per heavy atom. The monoisotopic (exact) mass is 415 g/mol. The highest BCUT2D eigenvalue weighted by molar-refractivity contribution is 6.05. The van der Waals surface area contributed by atoms with Gasteiger partial charge in [0.25, 0.3) is 11.8 Å². The Morgan fingerprint density at radius 1 is 0.933 bits per heavy atom. The normalized spacial score (nSPS) is 22.7. The second-order valence-corrected chi connectivity index (χ2v) is 8.20. The van der Waals surface area contributed by atoms with Gasteiger partial charge in [-0.25, -0.2) is 4.79 Å². The van der Waals surface area contributed by atoms with Gasteiger partial charge in [-0.05, 0) is 31.4 Å². The van der Waals surface area contributed by atoms with Crippen molar-refractivity contribution >= 4 is 17.8 Å². The van der Waals surface area contributed by atoms with E-state index < -0.39 is 6.04 Å². The van der Waals surface area contributed by atoms with E-state index in [2.05, 4.69) is 0 Å². The lowest BCUT2D eigenvalue weighted by Crippen LogP contribution is -2.45.